The molecule has 41 valence electrons. The van der Waals surface area contributed by atoms with Crippen LogP contribution in [0.3, 0.4) is 0 Å². The minimum atomic E-state index is 0.737. The molecule has 8 heavy (non-hydrogen) atoms. The topological polar surface area (TPSA) is 28.7 Å². The fraction of sp³-hybridized carbons (Fsp3) is 0.500. The summed E-state index contributed by atoms with van der Waals surface area (Å²) in [7, 11) is 0. The molecule has 2 nitrogen and oxygen atoms in total. The van der Waals surface area contributed by atoms with Gasteiger partial charge in [0.05, 0.1) is 0 Å². The van der Waals surface area contributed by atoms with E-state index in [1.807, 2.05) is 0 Å². The van der Waals surface area contributed by atoms with Gasteiger partial charge in [0.2, 0.25) is 0 Å². The lowest BCUT2D eigenvalue weighted by Gasteiger charge is -1.82. The first-order chi connectivity index (χ1) is 3.97. The molecule has 0 aromatic carbocycles. The number of nitrogens with one attached hydrogen (secondary N) is 1. The van der Waals surface area contributed by atoms with Crippen molar-refractivity contribution in [2.45, 2.75) is 18.8 Å². The number of rotatable bonds is 1. The summed E-state index contributed by atoms with van der Waals surface area (Å²) >= 11 is 0. The number of aromatic amines is 1. The SMILES string of the molecule is [c]1c[nH]c(C2CC2)n1. The first-order valence-electron chi connectivity index (χ1n) is 2.88. The monoisotopic (exact) mass is 107 g/mol. The summed E-state index contributed by atoms with van der Waals surface area (Å²) in [6.07, 6.45) is 7.12. The molecule has 2 rings (SSSR count). The van der Waals surface area contributed by atoms with Gasteiger partial charge in [-0.15, -0.1) is 0 Å². The van der Waals surface area contributed by atoms with E-state index in [1.54, 1.807) is 6.20 Å². The molecule has 2 heteroatoms. The lowest BCUT2D eigenvalue weighted by molar-refractivity contribution is 0.975. The van der Waals surface area contributed by atoms with Crippen molar-refractivity contribution in [2.24, 2.45) is 0 Å². The summed E-state index contributed by atoms with van der Waals surface area (Å²) in [5.74, 6) is 1.85. The van der Waals surface area contributed by atoms with Crippen LogP contribution in [0.5, 0.6) is 0 Å². The van der Waals surface area contributed by atoms with Gasteiger partial charge in [-0.3, -0.25) is 0 Å². The number of H-pyrrole nitrogens is 1. The van der Waals surface area contributed by atoms with Crippen LogP contribution in [-0.4, -0.2) is 9.97 Å². The highest BCUT2D eigenvalue weighted by Gasteiger charge is 2.25. The third kappa shape index (κ3) is 0.529. The maximum absolute atomic E-state index is 4.00. The van der Waals surface area contributed by atoms with Crippen molar-refractivity contribution in [3.63, 3.8) is 0 Å². The Morgan fingerprint density at radius 1 is 1.75 bits per heavy atom. The Kier molecular flexibility index (Phi) is 0.692. The van der Waals surface area contributed by atoms with Gasteiger partial charge >= 0.3 is 0 Å². The zero-order valence-corrected chi connectivity index (χ0v) is 4.52. The van der Waals surface area contributed by atoms with Crippen molar-refractivity contribution < 1.29 is 0 Å². The maximum atomic E-state index is 4.00. The molecule has 1 saturated carbocycles. The van der Waals surface area contributed by atoms with Crippen molar-refractivity contribution in [3.05, 3.63) is 18.2 Å². The van der Waals surface area contributed by atoms with Crippen LogP contribution < -0.4 is 0 Å². The summed E-state index contributed by atoms with van der Waals surface area (Å²) < 4.78 is 0. The van der Waals surface area contributed by atoms with Crippen LogP contribution in [0, 0.1) is 6.20 Å². The number of aromatic nitrogens is 2. The second-order valence-corrected chi connectivity index (χ2v) is 2.19. The summed E-state index contributed by atoms with van der Waals surface area (Å²) in [4.78, 5) is 7.03. The van der Waals surface area contributed by atoms with E-state index in [0.717, 1.165) is 11.7 Å². The highest BCUT2D eigenvalue weighted by Crippen LogP contribution is 2.37. The molecule has 0 unspecified atom stereocenters. The van der Waals surface area contributed by atoms with Crippen molar-refractivity contribution in [1.29, 1.82) is 0 Å². The van der Waals surface area contributed by atoms with Gasteiger partial charge in [-0.2, -0.15) is 0 Å². The molecular weight excluding hydrogens is 100 g/mol. The van der Waals surface area contributed by atoms with Crippen LogP contribution in [0.4, 0.5) is 0 Å². The van der Waals surface area contributed by atoms with E-state index < -0.39 is 0 Å². The normalized spacial score (nSPS) is 19.0. The van der Waals surface area contributed by atoms with Crippen LogP contribution in [0.25, 0.3) is 0 Å². The minimum Gasteiger partial charge on any atom is -0.348 e. The molecule has 0 atom stereocenters. The number of nitrogens with zero attached hydrogens (tertiary/aromatic N) is 1. The third-order valence-corrected chi connectivity index (χ3v) is 1.43. The van der Waals surface area contributed by atoms with Gasteiger partial charge in [-0.25, -0.2) is 4.98 Å². The Balaban J connectivity index is 2.28. The van der Waals surface area contributed by atoms with Crippen LogP contribution in [0.2, 0.25) is 0 Å². The van der Waals surface area contributed by atoms with Crippen LogP contribution in [0.15, 0.2) is 6.20 Å². The third-order valence-electron chi connectivity index (χ3n) is 1.43. The smallest absolute Gasteiger partial charge is 0.109 e. The maximum Gasteiger partial charge on any atom is 0.109 e. The highest BCUT2D eigenvalue weighted by atomic mass is 14.9. The average molecular weight is 107 g/mol. The van der Waals surface area contributed by atoms with Crippen molar-refractivity contribution in [1.82, 2.24) is 9.97 Å². The van der Waals surface area contributed by atoms with Gasteiger partial charge in [0.25, 0.3) is 0 Å². The predicted molar refractivity (Wildman–Crippen MR) is 29.4 cm³/mol. The molecule has 0 spiro atoms. The van der Waals surface area contributed by atoms with Gasteiger partial charge in [0.1, 0.15) is 12.0 Å². The van der Waals surface area contributed by atoms with Gasteiger partial charge < -0.3 is 4.98 Å². The van der Waals surface area contributed by atoms with Crippen molar-refractivity contribution in [2.75, 3.05) is 0 Å². The van der Waals surface area contributed by atoms with Gasteiger partial charge in [-0.1, -0.05) is 0 Å². The predicted octanol–water partition coefficient (Wildman–Crippen LogP) is 1.09. The molecule has 1 aliphatic rings. The van der Waals surface area contributed by atoms with E-state index >= 15 is 0 Å². The molecule has 0 aliphatic heterocycles. The first kappa shape index (κ1) is 4.13. The number of imidazole rings is 1. The average Bonchev–Trinajstić information content (AvgIpc) is 2.49. The van der Waals surface area contributed by atoms with E-state index in [2.05, 4.69) is 16.2 Å². The Labute approximate surface area is 47.9 Å². The molecule has 0 saturated heterocycles. The summed E-state index contributed by atoms with van der Waals surface area (Å²) in [6, 6.07) is 0. The summed E-state index contributed by atoms with van der Waals surface area (Å²) in [5.41, 5.74) is 0. The molecule has 1 aromatic heterocycles. The van der Waals surface area contributed by atoms with E-state index in [1.165, 1.54) is 12.8 Å². The molecule has 1 radical (unpaired) electrons. The Morgan fingerprint density at radius 3 is 3.12 bits per heavy atom. The second kappa shape index (κ2) is 1.34. The molecule has 0 amide bonds. The van der Waals surface area contributed by atoms with Gasteiger partial charge in [0, 0.05) is 12.1 Å². The quantitative estimate of drug-likeness (QED) is 0.571. The molecular formula is C6H7N2. The first-order valence-corrected chi connectivity index (χ1v) is 2.88. The van der Waals surface area contributed by atoms with Gasteiger partial charge in [0.15, 0.2) is 0 Å². The van der Waals surface area contributed by atoms with E-state index in [0.29, 0.717) is 0 Å². The summed E-state index contributed by atoms with van der Waals surface area (Å²) in [5, 5.41) is 0. The molecule has 1 heterocycles. The van der Waals surface area contributed by atoms with Crippen LogP contribution in [0.1, 0.15) is 24.6 Å². The Morgan fingerprint density at radius 2 is 2.62 bits per heavy atom. The van der Waals surface area contributed by atoms with Gasteiger partial charge in [-0.05, 0) is 12.8 Å². The second-order valence-electron chi connectivity index (χ2n) is 2.19. The van der Waals surface area contributed by atoms with E-state index in [9.17, 15) is 0 Å². The summed E-state index contributed by atoms with van der Waals surface area (Å²) in [6.45, 7) is 0. The molecule has 1 aromatic rings. The zero-order valence-electron chi connectivity index (χ0n) is 4.52. The van der Waals surface area contributed by atoms with Crippen molar-refractivity contribution >= 4 is 0 Å². The molecule has 1 N–H and O–H groups in total. The molecule has 1 aliphatic carbocycles. The lowest BCUT2D eigenvalue weighted by atomic mass is 10.4. The Hall–Kier alpha value is -0.790. The number of hydrogen-bond acceptors (Lipinski definition) is 1. The Bertz CT molecular complexity index is 163. The van der Waals surface area contributed by atoms with Crippen LogP contribution >= 0.6 is 0 Å². The molecule has 1 fully saturated rings. The minimum absolute atomic E-state index is 0.737. The van der Waals surface area contributed by atoms with Crippen LogP contribution in [-0.2, 0) is 0 Å². The zero-order chi connectivity index (χ0) is 5.40. The van der Waals surface area contributed by atoms with Crippen molar-refractivity contribution in [3.8, 4) is 0 Å². The van der Waals surface area contributed by atoms with E-state index in [4.69, 9.17) is 0 Å². The highest BCUT2D eigenvalue weighted by molar-refractivity contribution is 5.03. The largest absolute Gasteiger partial charge is 0.348 e. The lowest BCUT2D eigenvalue weighted by Crippen LogP contribution is -1.78. The van der Waals surface area contributed by atoms with E-state index in [-0.39, 0.29) is 0 Å². The fourth-order valence-electron chi connectivity index (χ4n) is 0.806. The fourth-order valence-corrected chi connectivity index (χ4v) is 0.806. The molecule has 0 bridgehead atoms. The standard InChI is InChI=1S/C6H7N2/c1-2-5(1)6-7-3-4-8-6/h3,5H,1-2H2,(H,7,8). The number of hydrogen-bond donors (Lipinski definition) is 1.